The van der Waals surface area contributed by atoms with Gasteiger partial charge in [0.05, 0.1) is 24.9 Å². The molecule has 1 aliphatic rings. The predicted octanol–water partition coefficient (Wildman–Crippen LogP) is 3.25. The zero-order chi connectivity index (χ0) is 14.3. The summed E-state index contributed by atoms with van der Waals surface area (Å²) in [6, 6.07) is 7.04. The standard InChI is InChI=1S/C14H10BrNO3S/c1-19-8-2-3-11-9(6-8)13(17)14(18)16(11)7-12-10(15)4-5-20-12/h2-6H,7H2,1H3. The van der Waals surface area contributed by atoms with Crippen molar-refractivity contribution >= 4 is 44.6 Å². The van der Waals surface area contributed by atoms with Gasteiger partial charge in [0.1, 0.15) is 5.75 Å². The normalized spacial score (nSPS) is 13.8. The van der Waals surface area contributed by atoms with Crippen LogP contribution in [0.25, 0.3) is 0 Å². The van der Waals surface area contributed by atoms with Crippen molar-refractivity contribution in [3.63, 3.8) is 0 Å². The first-order valence-electron chi connectivity index (χ1n) is 5.88. The maximum absolute atomic E-state index is 12.1. The first-order chi connectivity index (χ1) is 9.61. The van der Waals surface area contributed by atoms with Gasteiger partial charge in [0.25, 0.3) is 11.7 Å². The molecule has 1 amide bonds. The van der Waals surface area contributed by atoms with E-state index in [0.717, 1.165) is 9.35 Å². The van der Waals surface area contributed by atoms with Gasteiger partial charge in [0.2, 0.25) is 0 Å². The number of nitrogens with zero attached hydrogens (tertiary/aromatic N) is 1. The molecule has 0 aliphatic carbocycles. The molecule has 0 bridgehead atoms. The van der Waals surface area contributed by atoms with Crippen molar-refractivity contribution in [2.24, 2.45) is 0 Å². The molecule has 0 atom stereocenters. The lowest BCUT2D eigenvalue weighted by Gasteiger charge is -2.16. The summed E-state index contributed by atoms with van der Waals surface area (Å²) in [7, 11) is 1.53. The first kappa shape index (κ1) is 13.3. The molecule has 2 heterocycles. The highest BCUT2D eigenvalue weighted by Gasteiger charge is 2.36. The lowest BCUT2D eigenvalue weighted by Crippen LogP contribution is -2.28. The molecule has 0 fully saturated rings. The average Bonchev–Trinajstić information content (AvgIpc) is 2.96. The molecule has 0 spiro atoms. The molecule has 3 rings (SSSR count). The summed E-state index contributed by atoms with van der Waals surface area (Å²) in [5, 5.41) is 1.94. The summed E-state index contributed by atoms with van der Waals surface area (Å²) in [5.41, 5.74) is 1.04. The molecule has 1 aliphatic heterocycles. The van der Waals surface area contributed by atoms with Crippen LogP contribution in [0.5, 0.6) is 5.75 Å². The van der Waals surface area contributed by atoms with Gasteiger partial charge in [-0.3, -0.25) is 14.5 Å². The van der Waals surface area contributed by atoms with Crippen LogP contribution >= 0.6 is 27.3 Å². The van der Waals surface area contributed by atoms with Gasteiger partial charge in [-0.15, -0.1) is 11.3 Å². The van der Waals surface area contributed by atoms with Gasteiger partial charge in [0.15, 0.2) is 0 Å². The number of anilines is 1. The average molecular weight is 352 g/mol. The molecular formula is C14H10BrNO3S. The van der Waals surface area contributed by atoms with E-state index in [-0.39, 0.29) is 0 Å². The summed E-state index contributed by atoms with van der Waals surface area (Å²) in [6.07, 6.45) is 0. The number of halogens is 1. The fraction of sp³-hybridized carbons (Fsp3) is 0.143. The number of amides is 1. The van der Waals surface area contributed by atoms with E-state index < -0.39 is 11.7 Å². The van der Waals surface area contributed by atoms with E-state index in [1.807, 2.05) is 11.4 Å². The Labute approximate surface area is 128 Å². The third-order valence-electron chi connectivity index (χ3n) is 3.17. The van der Waals surface area contributed by atoms with Crippen molar-refractivity contribution in [3.8, 4) is 5.75 Å². The zero-order valence-electron chi connectivity index (χ0n) is 10.6. The lowest BCUT2D eigenvalue weighted by atomic mass is 10.1. The minimum absolute atomic E-state index is 0.391. The van der Waals surface area contributed by atoms with Gasteiger partial charge in [0, 0.05) is 9.35 Å². The Balaban J connectivity index is 2.00. The number of hydrogen-bond acceptors (Lipinski definition) is 4. The minimum atomic E-state index is -0.492. The number of fused-ring (bicyclic) bond motifs is 1. The molecule has 102 valence electrons. The lowest BCUT2D eigenvalue weighted by molar-refractivity contribution is -0.114. The number of carbonyl (C=O) groups is 2. The number of hydrogen-bond donors (Lipinski definition) is 0. The molecule has 0 radical (unpaired) electrons. The number of ether oxygens (including phenoxy) is 1. The molecule has 0 unspecified atom stereocenters. The molecule has 6 heteroatoms. The Morgan fingerprint density at radius 1 is 1.30 bits per heavy atom. The van der Waals surface area contributed by atoms with Crippen LogP contribution in [0, 0.1) is 0 Å². The Morgan fingerprint density at radius 2 is 2.10 bits per heavy atom. The van der Waals surface area contributed by atoms with Gasteiger partial charge in [-0.25, -0.2) is 0 Å². The van der Waals surface area contributed by atoms with E-state index in [1.165, 1.54) is 12.0 Å². The monoisotopic (exact) mass is 351 g/mol. The van der Waals surface area contributed by atoms with E-state index in [0.29, 0.717) is 23.5 Å². The molecular weight excluding hydrogens is 342 g/mol. The van der Waals surface area contributed by atoms with Gasteiger partial charge in [-0.2, -0.15) is 0 Å². The molecule has 1 aromatic heterocycles. The second-order valence-electron chi connectivity index (χ2n) is 4.30. The van der Waals surface area contributed by atoms with Crippen molar-refractivity contribution in [1.29, 1.82) is 0 Å². The van der Waals surface area contributed by atoms with Gasteiger partial charge >= 0.3 is 0 Å². The number of carbonyl (C=O) groups excluding carboxylic acids is 2. The van der Waals surface area contributed by atoms with Crippen LogP contribution < -0.4 is 9.64 Å². The number of thiophene rings is 1. The SMILES string of the molecule is COc1ccc2c(c1)C(=O)C(=O)N2Cc1sccc1Br. The molecule has 20 heavy (non-hydrogen) atoms. The Morgan fingerprint density at radius 3 is 2.75 bits per heavy atom. The third kappa shape index (κ3) is 2.05. The summed E-state index contributed by atoms with van der Waals surface area (Å²) in [6.45, 7) is 0.391. The molecule has 0 saturated carbocycles. The van der Waals surface area contributed by atoms with Crippen molar-refractivity contribution in [2.75, 3.05) is 12.0 Å². The topological polar surface area (TPSA) is 46.6 Å². The molecule has 0 saturated heterocycles. The van der Waals surface area contributed by atoms with Gasteiger partial charge in [-0.1, -0.05) is 0 Å². The first-order valence-corrected chi connectivity index (χ1v) is 7.55. The van der Waals surface area contributed by atoms with Crippen LogP contribution in [0.2, 0.25) is 0 Å². The molecule has 0 N–H and O–H groups in total. The van der Waals surface area contributed by atoms with Crippen molar-refractivity contribution in [3.05, 3.63) is 44.6 Å². The molecule has 4 nitrogen and oxygen atoms in total. The fourth-order valence-electron chi connectivity index (χ4n) is 2.15. The van der Waals surface area contributed by atoms with E-state index in [4.69, 9.17) is 4.74 Å². The Kier molecular flexibility index (Phi) is 3.35. The highest BCUT2D eigenvalue weighted by molar-refractivity contribution is 9.10. The molecule has 2 aromatic rings. The Bertz CT molecular complexity index is 710. The van der Waals surface area contributed by atoms with Crippen LogP contribution in [0.15, 0.2) is 34.1 Å². The van der Waals surface area contributed by atoms with E-state index in [2.05, 4.69) is 15.9 Å². The third-order valence-corrected chi connectivity index (χ3v) is 5.08. The van der Waals surface area contributed by atoms with Crippen LogP contribution in [0.3, 0.4) is 0 Å². The number of methoxy groups -OCH3 is 1. The van der Waals surface area contributed by atoms with Crippen LogP contribution in [0.1, 0.15) is 15.2 Å². The van der Waals surface area contributed by atoms with Crippen LogP contribution in [-0.2, 0) is 11.3 Å². The number of Topliss-reactive ketones (excluding diaryl/α,β-unsaturated/α-hetero) is 1. The number of rotatable bonds is 3. The number of benzene rings is 1. The maximum Gasteiger partial charge on any atom is 0.299 e. The van der Waals surface area contributed by atoms with E-state index in [1.54, 1.807) is 29.5 Å². The van der Waals surface area contributed by atoms with Crippen LogP contribution in [-0.4, -0.2) is 18.8 Å². The summed E-state index contributed by atoms with van der Waals surface area (Å²) < 4.78 is 6.04. The molecule has 1 aromatic carbocycles. The Hall–Kier alpha value is -1.66. The highest BCUT2D eigenvalue weighted by Crippen LogP contribution is 2.35. The smallest absolute Gasteiger partial charge is 0.299 e. The van der Waals surface area contributed by atoms with Gasteiger partial charge < -0.3 is 4.74 Å². The quantitative estimate of drug-likeness (QED) is 0.797. The van der Waals surface area contributed by atoms with Gasteiger partial charge in [-0.05, 0) is 45.6 Å². The van der Waals surface area contributed by atoms with E-state index >= 15 is 0 Å². The van der Waals surface area contributed by atoms with Crippen molar-refractivity contribution < 1.29 is 14.3 Å². The van der Waals surface area contributed by atoms with Crippen molar-refractivity contribution in [1.82, 2.24) is 0 Å². The predicted molar refractivity (Wildman–Crippen MR) is 80.5 cm³/mol. The zero-order valence-corrected chi connectivity index (χ0v) is 13.0. The summed E-state index contributed by atoms with van der Waals surface area (Å²) in [5.74, 6) is -0.399. The van der Waals surface area contributed by atoms with Crippen molar-refractivity contribution in [2.45, 2.75) is 6.54 Å². The second kappa shape index (κ2) is 5.03. The summed E-state index contributed by atoms with van der Waals surface area (Å²) in [4.78, 5) is 26.7. The van der Waals surface area contributed by atoms with E-state index in [9.17, 15) is 9.59 Å². The van der Waals surface area contributed by atoms with Crippen LogP contribution in [0.4, 0.5) is 5.69 Å². The highest BCUT2D eigenvalue weighted by atomic mass is 79.9. The minimum Gasteiger partial charge on any atom is -0.497 e. The largest absolute Gasteiger partial charge is 0.497 e. The fourth-order valence-corrected chi connectivity index (χ4v) is 3.61. The number of ketones is 1. The summed E-state index contributed by atoms with van der Waals surface area (Å²) >= 11 is 4.98. The maximum atomic E-state index is 12.1. The second-order valence-corrected chi connectivity index (χ2v) is 6.15.